The molecule has 0 atom stereocenters. The van der Waals surface area contributed by atoms with Gasteiger partial charge in [0, 0.05) is 44.5 Å². The average Bonchev–Trinajstić information content (AvgIpc) is 2.69. The van der Waals surface area contributed by atoms with E-state index in [1.165, 1.54) is 0 Å². The lowest BCUT2D eigenvalue weighted by Gasteiger charge is -2.33. The summed E-state index contributed by atoms with van der Waals surface area (Å²) >= 11 is 1.56. The first-order chi connectivity index (χ1) is 9.45. The zero-order valence-corrected chi connectivity index (χ0v) is 12.6. The minimum absolute atomic E-state index is 0.0207. The van der Waals surface area contributed by atoms with Crippen molar-refractivity contribution in [3.05, 3.63) is 15.6 Å². The number of carbonyl (C=O) groups excluding carboxylic acids is 1. The number of nitrogens with zero attached hydrogens (tertiary/aromatic N) is 3. The molecule has 0 spiro atoms. The highest BCUT2D eigenvalue weighted by molar-refractivity contribution is 7.11. The Morgan fingerprint density at radius 2 is 1.95 bits per heavy atom. The van der Waals surface area contributed by atoms with Crippen molar-refractivity contribution in [2.75, 3.05) is 26.2 Å². The summed E-state index contributed by atoms with van der Waals surface area (Å²) in [4.78, 5) is 31.5. The van der Waals surface area contributed by atoms with Gasteiger partial charge in [0.25, 0.3) is 0 Å². The highest BCUT2D eigenvalue weighted by Crippen LogP contribution is 2.21. The second kappa shape index (κ2) is 6.32. The Morgan fingerprint density at radius 3 is 2.50 bits per heavy atom. The Hall–Kier alpha value is -1.47. The standard InChI is InChI=1S/C13H19N3O3S/c1-9-14-11(7-13(18)19)12(20-9)8-15-3-5-16(6-4-15)10(2)17/h3-8H2,1-2H3,(H,18,19). The Balaban J connectivity index is 1.97. The number of carboxylic acids is 1. The van der Waals surface area contributed by atoms with Gasteiger partial charge in [-0.05, 0) is 6.92 Å². The zero-order chi connectivity index (χ0) is 14.7. The largest absolute Gasteiger partial charge is 0.481 e. The van der Waals surface area contributed by atoms with Crippen LogP contribution in [0.5, 0.6) is 0 Å². The lowest BCUT2D eigenvalue weighted by atomic mass is 10.2. The van der Waals surface area contributed by atoms with Crippen LogP contribution in [0.4, 0.5) is 0 Å². The van der Waals surface area contributed by atoms with Crippen molar-refractivity contribution in [2.24, 2.45) is 0 Å². The van der Waals surface area contributed by atoms with E-state index < -0.39 is 5.97 Å². The molecule has 1 N–H and O–H groups in total. The number of aliphatic carboxylic acids is 1. The predicted octanol–water partition coefficient (Wildman–Crippen LogP) is 0.743. The number of rotatable bonds is 4. The van der Waals surface area contributed by atoms with Crippen molar-refractivity contribution in [3.8, 4) is 0 Å². The number of piperazine rings is 1. The second-order valence-corrected chi connectivity index (χ2v) is 6.24. The molecule has 0 radical (unpaired) electrons. The predicted molar refractivity (Wildman–Crippen MR) is 75.7 cm³/mol. The monoisotopic (exact) mass is 297 g/mol. The molecule has 1 aliphatic heterocycles. The van der Waals surface area contributed by atoms with Crippen LogP contribution in [0, 0.1) is 6.92 Å². The van der Waals surface area contributed by atoms with E-state index >= 15 is 0 Å². The van der Waals surface area contributed by atoms with Gasteiger partial charge in [-0.15, -0.1) is 11.3 Å². The Kier molecular flexibility index (Phi) is 4.72. The third-order valence-corrected chi connectivity index (χ3v) is 4.39. The van der Waals surface area contributed by atoms with Gasteiger partial charge in [0.15, 0.2) is 0 Å². The van der Waals surface area contributed by atoms with Gasteiger partial charge >= 0.3 is 5.97 Å². The maximum atomic E-state index is 11.3. The van der Waals surface area contributed by atoms with Crippen molar-refractivity contribution in [2.45, 2.75) is 26.8 Å². The fourth-order valence-electron chi connectivity index (χ4n) is 2.34. The Labute approximate surface area is 122 Å². The van der Waals surface area contributed by atoms with Gasteiger partial charge in [-0.3, -0.25) is 14.5 Å². The lowest BCUT2D eigenvalue weighted by Crippen LogP contribution is -2.47. The van der Waals surface area contributed by atoms with Crippen LogP contribution in [0.15, 0.2) is 0 Å². The number of carboxylic acid groups (broad SMARTS) is 1. The molecule has 1 fully saturated rings. The van der Waals surface area contributed by atoms with E-state index in [9.17, 15) is 9.59 Å². The molecule has 20 heavy (non-hydrogen) atoms. The number of thiazole rings is 1. The SMILES string of the molecule is CC(=O)N1CCN(Cc2sc(C)nc2CC(=O)O)CC1. The van der Waals surface area contributed by atoms with Crippen molar-refractivity contribution < 1.29 is 14.7 Å². The molecule has 0 bridgehead atoms. The molecule has 7 heteroatoms. The fourth-order valence-corrected chi connectivity index (χ4v) is 3.34. The normalized spacial score (nSPS) is 16.4. The third kappa shape index (κ3) is 3.77. The first-order valence-electron chi connectivity index (χ1n) is 6.60. The number of hydrogen-bond acceptors (Lipinski definition) is 5. The minimum atomic E-state index is -0.849. The molecule has 0 unspecified atom stereocenters. The molecule has 0 saturated carbocycles. The topological polar surface area (TPSA) is 73.7 Å². The summed E-state index contributed by atoms with van der Waals surface area (Å²) in [6.45, 7) is 7.33. The van der Waals surface area contributed by atoms with E-state index in [2.05, 4.69) is 9.88 Å². The summed E-state index contributed by atoms with van der Waals surface area (Å²) in [5.74, 6) is -0.734. The molecule has 6 nitrogen and oxygen atoms in total. The number of aryl methyl sites for hydroxylation is 1. The van der Waals surface area contributed by atoms with Gasteiger partial charge < -0.3 is 10.0 Å². The second-order valence-electron chi connectivity index (χ2n) is 4.96. The number of aromatic nitrogens is 1. The number of hydrogen-bond donors (Lipinski definition) is 1. The van der Waals surface area contributed by atoms with Crippen LogP contribution in [0.25, 0.3) is 0 Å². The van der Waals surface area contributed by atoms with Crippen molar-refractivity contribution in [1.82, 2.24) is 14.8 Å². The zero-order valence-electron chi connectivity index (χ0n) is 11.8. The van der Waals surface area contributed by atoms with Crippen molar-refractivity contribution in [3.63, 3.8) is 0 Å². The Morgan fingerprint density at radius 1 is 1.30 bits per heavy atom. The van der Waals surface area contributed by atoms with Crippen LogP contribution < -0.4 is 0 Å². The first kappa shape index (κ1) is 14.9. The van der Waals surface area contributed by atoms with E-state index in [-0.39, 0.29) is 12.3 Å². The Bertz CT molecular complexity index is 507. The van der Waals surface area contributed by atoms with Crippen LogP contribution in [0.2, 0.25) is 0 Å². The maximum absolute atomic E-state index is 11.3. The highest BCUT2D eigenvalue weighted by Gasteiger charge is 2.21. The summed E-state index contributed by atoms with van der Waals surface area (Å²) in [5, 5.41) is 9.81. The van der Waals surface area contributed by atoms with Crippen LogP contribution in [0.1, 0.15) is 22.5 Å². The van der Waals surface area contributed by atoms with Crippen LogP contribution >= 0.6 is 11.3 Å². The molecule has 1 aromatic rings. The summed E-state index contributed by atoms with van der Waals surface area (Å²) < 4.78 is 0. The molecule has 0 aromatic carbocycles. The van der Waals surface area contributed by atoms with Gasteiger partial charge in [-0.2, -0.15) is 0 Å². The van der Waals surface area contributed by atoms with Gasteiger partial charge in [0.05, 0.1) is 17.1 Å². The molecule has 1 aromatic heterocycles. The average molecular weight is 297 g/mol. The summed E-state index contributed by atoms with van der Waals surface area (Å²) in [5.41, 5.74) is 0.675. The molecule has 0 aliphatic carbocycles. The molecule has 1 aliphatic rings. The van der Waals surface area contributed by atoms with Crippen LogP contribution in [-0.2, 0) is 22.6 Å². The minimum Gasteiger partial charge on any atom is -0.481 e. The van der Waals surface area contributed by atoms with Gasteiger partial charge in [0.2, 0.25) is 5.91 Å². The van der Waals surface area contributed by atoms with Crippen molar-refractivity contribution in [1.29, 1.82) is 0 Å². The summed E-state index contributed by atoms with van der Waals surface area (Å²) in [6.07, 6.45) is -0.0207. The van der Waals surface area contributed by atoms with E-state index in [4.69, 9.17) is 5.11 Å². The molecule has 2 heterocycles. The lowest BCUT2D eigenvalue weighted by molar-refractivity contribution is -0.136. The summed E-state index contributed by atoms with van der Waals surface area (Å²) in [7, 11) is 0. The van der Waals surface area contributed by atoms with Gasteiger partial charge in [-0.1, -0.05) is 0 Å². The highest BCUT2D eigenvalue weighted by atomic mass is 32.1. The molecular weight excluding hydrogens is 278 g/mol. The van der Waals surface area contributed by atoms with E-state index in [0.29, 0.717) is 5.69 Å². The third-order valence-electron chi connectivity index (χ3n) is 3.39. The molecule has 2 rings (SSSR count). The fraction of sp³-hybridized carbons (Fsp3) is 0.615. The van der Waals surface area contributed by atoms with Crippen molar-refractivity contribution >= 4 is 23.2 Å². The molecule has 1 saturated heterocycles. The summed E-state index contributed by atoms with van der Waals surface area (Å²) in [6, 6.07) is 0. The molecule has 1 amide bonds. The molecular formula is C13H19N3O3S. The smallest absolute Gasteiger partial charge is 0.309 e. The first-order valence-corrected chi connectivity index (χ1v) is 7.42. The van der Waals surface area contributed by atoms with E-state index in [1.54, 1.807) is 18.3 Å². The maximum Gasteiger partial charge on any atom is 0.309 e. The van der Waals surface area contributed by atoms with E-state index in [0.717, 1.165) is 42.6 Å². The quantitative estimate of drug-likeness (QED) is 0.887. The molecule has 110 valence electrons. The van der Waals surface area contributed by atoms with Crippen LogP contribution in [-0.4, -0.2) is 57.9 Å². The number of amides is 1. The van der Waals surface area contributed by atoms with Gasteiger partial charge in [0.1, 0.15) is 0 Å². The number of carbonyl (C=O) groups is 2. The van der Waals surface area contributed by atoms with Gasteiger partial charge in [-0.25, -0.2) is 4.98 Å². The van der Waals surface area contributed by atoms with Crippen LogP contribution in [0.3, 0.4) is 0 Å². The van der Waals surface area contributed by atoms with E-state index in [1.807, 2.05) is 11.8 Å².